The minimum Gasteiger partial charge on any atom is -0.350 e. The van der Waals surface area contributed by atoms with Crippen LogP contribution < -0.4 is 10.6 Å². The Morgan fingerprint density at radius 1 is 1.24 bits per heavy atom. The van der Waals surface area contributed by atoms with Crippen molar-refractivity contribution in [3.8, 4) is 0 Å². The molecule has 1 aliphatic rings. The van der Waals surface area contributed by atoms with Crippen LogP contribution in [0.25, 0.3) is 0 Å². The fourth-order valence-electron chi connectivity index (χ4n) is 2.57. The maximum Gasteiger partial charge on any atom is 0.242 e. The predicted octanol–water partition coefficient (Wildman–Crippen LogP) is 2.54. The molecule has 1 aromatic carbocycles. The summed E-state index contributed by atoms with van der Waals surface area (Å²) in [5.74, 6) is 1.98. The fourth-order valence-corrected chi connectivity index (χ4v) is 3.60. The van der Waals surface area contributed by atoms with E-state index in [0.29, 0.717) is 12.4 Å². The van der Waals surface area contributed by atoms with Crippen molar-refractivity contribution in [3.63, 3.8) is 0 Å². The molecule has 0 radical (unpaired) electrons. The van der Waals surface area contributed by atoms with E-state index in [4.69, 9.17) is 0 Å². The van der Waals surface area contributed by atoms with Gasteiger partial charge in [-0.05, 0) is 5.56 Å². The maximum atomic E-state index is 12.3. The van der Waals surface area contributed by atoms with Crippen molar-refractivity contribution in [2.45, 2.75) is 38.4 Å². The predicted molar refractivity (Wildman–Crippen MR) is 99.0 cm³/mol. The summed E-state index contributed by atoms with van der Waals surface area (Å²) >= 11 is 1.77. The third-order valence-electron chi connectivity index (χ3n) is 4.01. The van der Waals surface area contributed by atoms with E-state index in [9.17, 15) is 9.59 Å². The van der Waals surface area contributed by atoms with Gasteiger partial charge in [0.25, 0.3) is 0 Å². The van der Waals surface area contributed by atoms with Gasteiger partial charge >= 0.3 is 0 Å². The molecule has 0 unspecified atom stereocenters. The highest BCUT2D eigenvalue weighted by Gasteiger charge is 2.25. The molecule has 1 aliphatic heterocycles. The molecule has 3 rings (SSSR count). The molecule has 0 atom stereocenters. The summed E-state index contributed by atoms with van der Waals surface area (Å²) in [5.41, 5.74) is 3.04. The average Bonchev–Trinajstić information content (AvgIpc) is 3.17. The first-order chi connectivity index (χ1) is 12.0. The van der Waals surface area contributed by atoms with Crippen LogP contribution in [0.1, 0.15) is 30.7 Å². The van der Waals surface area contributed by atoms with Crippen LogP contribution in [0.3, 0.4) is 0 Å². The Balaban J connectivity index is 1.69. The number of carbonyl (C=O) groups is 2. The van der Waals surface area contributed by atoms with Crippen LogP contribution in [-0.2, 0) is 34.2 Å². The van der Waals surface area contributed by atoms with Crippen LogP contribution >= 0.6 is 11.8 Å². The second kappa shape index (κ2) is 7.74. The molecule has 2 heterocycles. The first-order valence-corrected chi connectivity index (χ1v) is 9.48. The molecule has 1 aromatic heterocycles. The van der Waals surface area contributed by atoms with Gasteiger partial charge in [-0.15, -0.1) is 0 Å². The van der Waals surface area contributed by atoms with Gasteiger partial charge in [-0.3, -0.25) is 9.59 Å². The van der Waals surface area contributed by atoms with E-state index in [1.165, 1.54) is 0 Å². The van der Waals surface area contributed by atoms with Crippen molar-refractivity contribution in [1.29, 1.82) is 0 Å². The molecule has 0 saturated carbocycles. The lowest BCUT2D eigenvalue weighted by Gasteiger charge is -2.12. The molecule has 6 nitrogen and oxygen atoms in total. The van der Waals surface area contributed by atoms with E-state index in [-0.39, 0.29) is 24.3 Å². The molecular weight excluding hydrogens is 336 g/mol. The summed E-state index contributed by atoms with van der Waals surface area (Å²) in [6.07, 6.45) is 0. The highest BCUT2D eigenvalue weighted by molar-refractivity contribution is 7.98. The number of benzene rings is 1. The topological polar surface area (TPSA) is 76.0 Å². The molecule has 0 spiro atoms. The number of fused-ring (bicyclic) bond motifs is 1. The zero-order chi connectivity index (χ0) is 17.8. The van der Waals surface area contributed by atoms with E-state index in [1.807, 2.05) is 44.2 Å². The fraction of sp³-hybridized carbons (Fsp3) is 0.389. The maximum absolute atomic E-state index is 12.3. The smallest absolute Gasteiger partial charge is 0.242 e. The summed E-state index contributed by atoms with van der Waals surface area (Å²) in [7, 11) is 0. The van der Waals surface area contributed by atoms with Gasteiger partial charge in [-0.2, -0.15) is 16.9 Å². The van der Waals surface area contributed by atoms with E-state index in [1.54, 1.807) is 16.4 Å². The number of amides is 2. The normalized spacial score (nSPS) is 12.9. The average molecular weight is 358 g/mol. The molecule has 0 fully saturated rings. The van der Waals surface area contributed by atoms with Gasteiger partial charge in [0.15, 0.2) is 0 Å². The van der Waals surface area contributed by atoms with Gasteiger partial charge in [0.05, 0.1) is 5.69 Å². The zero-order valence-electron chi connectivity index (χ0n) is 14.4. The van der Waals surface area contributed by atoms with E-state index in [2.05, 4.69) is 15.7 Å². The Morgan fingerprint density at radius 2 is 2.00 bits per heavy atom. The first-order valence-electron chi connectivity index (χ1n) is 8.32. The molecule has 7 heteroatoms. The number of rotatable bonds is 6. The van der Waals surface area contributed by atoms with E-state index < -0.39 is 0 Å². The lowest BCUT2D eigenvalue weighted by atomic mass is 10.2. The largest absolute Gasteiger partial charge is 0.350 e. The van der Waals surface area contributed by atoms with E-state index >= 15 is 0 Å². The van der Waals surface area contributed by atoms with Crippen LogP contribution in [0, 0.1) is 5.92 Å². The molecule has 0 saturated heterocycles. The zero-order valence-corrected chi connectivity index (χ0v) is 15.2. The second-order valence-electron chi connectivity index (χ2n) is 6.33. The molecule has 25 heavy (non-hydrogen) atoms. The van der Waals surface area contributed by atoms with Crippen LogP contribution in [0.4, 0.5) is 5.82 Å². The van der Waals surface area contributed by atoms with Crippen LogP contribution in [0.5, 0.6) is 0 Å². The SMILES string of the molecule is CC(C)C(=O)Nc1c2c(nn1CC(=O)NCc1ccccc1)CSC2. The number of thioether (sulfide) groups is 1. The Labute approximate surface area is 151 Å². The van der Waals surface area contributed by atoms with Crippen LogP contribution in [-0.4, -0.2) is 21.6 Å². The Kier molecular flexibility index (Phi) is 5.43. The Bertz CT molecular complexity index is 771. The first kappa shape index (κ1) is 17.5. The molecule has 132 valence electrons. The monoisotopic (exact) mass is 358 g/mol. The van der Waals surface area contributed by atoms with Crippen molar-refractivity contribution in [3.05, 3.63) is 47.2 Å². The minimum atomic E-state index is -0.127. The Hall–Kier alpha value is -2.28. The van der Waals surface area contributed by atoms with Gasteiger partial charge in [0.1, 0.15) is 12.4 Å². The molecule has 2 aromatic rings. The number of nitrogens with zero attached hydrogens (tertiary/aromatic N) is 2. The third kappa shape index (κ3) is 4.22. The van der Waals surface area contributed by atoms with Gasteiger partial charge in [0.2, 0.25) is 11.8 Å². The molecule has 2 N–H and O–H groups in total. The Morgan fingerprint density at radius 3 is 2.72 bits per heavy atom. The van der Waals surface area contributed by atoms with Crippen LogP contribution in [0.15, 0.2) is 30.3 Å². The van der Waals surface area contributed by atoms with Crippen LogP contribution in [0.2, 0.25) is 0 Å². The lowest BCUT2D eigenvalue weighted by molar-refractivity contribution is -0.122. The number of hydrogen-bond acceptors (Lipinski definition) is 4. The van der Waals surface area contributed by atoms with Crippen molar-refractivity contribution in [2.75, 3.05) is 5.32 Å². The molecule has 0 aliphatic carbocycles. The number of nitrogens with one attached hydrogen (secondary N) is 2. The summed E-state index contributed by atoms with van der Waals surface area (Å²) in [4.78, 5) is 24.4. The number of anilines is 1. The highest BCUT2D eigenvalue weighted by Crippen LogP contribution is 2.34. The lowest BCUT2D eigenvalue weighted by Crippen LogP contribution is -2.29. The van der Waals surface area contributed by atoms with Crippen molar-refractivity contribution < 1.29 is 9.59 Å². The van der Waals surface area contributed by atoms with E-state index in [0.717, 1.165) is 28.3 Å². The summed E-state index contributed by atoms with van der Waals surface area (Å²) in [6.45, 7) is 4.26. The highest BCUT2D eigenvalue weighted by atomic mass is 32.2. The number of carbonyl (C=O) groups excluding carboxylic acids is 2. The quantitative estimate of drug-likeness (QED) is 0.832. The van der Waals surface area contributed by atoms with Crippen molar-refractivity contribution in [2.24, 2.45) is 5.92 Å². The standard InChI is InChI=1S/C18H22N4O2S/c1-12(2)18(24)20-17-14-10-25-11-15(14)21-22(17)9-16(23)19-8-13-6-4-3-5-7-13/h3-7,12H,8-11H2,1-2H3,(H,19,23)(H,20,24). The molecule has 2 amide bonds. The van der Waals surface area contributed by atoms with Gasteiger partial charge in [0, 0.05) is 29.5 Å². The minimum absolute atomic E-state index is 0.0643. The van der Waals surface area contributed by atoms with Crippen molar-refractivity contribution >= 4 is 29.4 Å². The van der Waals surface area contributed by atoms with Gasteiger partial charge in [-0.1, -0.05) is 44.2 Å². The summed E-state index contributed by atoms with van der Waals surface area (Å²) < 4.78 is 1.62. The molecule has 0 bridgehead atoms. The van der Waals surface area contributed by atoms with Gasteiger partial charge < -0.3 is 10.6 Å². The van der Waals surface area contributed by atoms with Gasteiger partial charge in [-0.25, -0.2) is 4.68 Å². The number of aromatic nitrogens is 2. The second-order valence-corrected chi connectivity index (χ2v) is 7.32. The number of hydrogen-bond donors (Lipinski definition) is 2. The summed E-state index contributed by atoms with van der Waals surface area (Å²) in [6, 6.07) is 9.76. The third-order valence-corrected chi connectivity index (χ3v) is 4.98. The van der Waals surface area contributed by atoms with Crippen molar-refractivity contribution in [1.82, 2.24) is 15.1 Å². The summed E-state index contributed by atoms with van der Waals surface area (Å²) in [5, 5.41) is 10.4. The molecular formula is C18H22N4O2S.